The quantitative estimate of drug-likeness (QED) is 0.701. The molecule has 2 aromatic carbocycles. The number of aromatic hydroxyl groups is 1. The monoisotopic (exact) mass is 238 g/mol. The molecule has 3 N–H and O–H groups in total. The molecule has 0 atom stereocenters. The van der Waals surface area contributed by atoms with Crippen LogP contribution >= 0.6 is 7.60 Å². The summed E-state index contributed by atoms with van der Waals surface area (Å²) in [5.74, 6) is -0.0542. The van der Waals surface area contributed by atoms with E-state index in [2.05, 4.69) is 0 Å². The van der Waals surface area contributed by atoms with E-state index in [4.69, 9.17) is 9.79 Å². The number of hydrogen-bond donors (Lipinski definition) is 3. The fraction of sp³-hybridized carbons (Fsp3) is 0.0909. The van der Waals surface area contributed by atoms with E-state index in [-0.39, 0.29) is 11.3 Å². The smallest absolute Gasteiger partial charge is 0.330 e. The SMILES string of the molecule is O=P(O)(O)Cc1ccc2ccccc2c1O. The van der Waals surface area contributed by atoms with Crippen LogP contribution in [0.2, 0.25) is 0 Å². The van der Waals surface area contributed by atoms with Crippen LogP contribution in [0, 0.1) is 0 Å². The highest BCUT2D eigenvalue weighted by Crippen LogP contribution is 2.42. The molecule has 0 fully saturated rings. The molecular formula is C11H11O4P. The first-order valence-corrected chi connectivity index (χ1v) is 6.51. The van der Waals surface area contributed by atoms with Crippen molar-refractivity contribution in [1.29, 1.82) is 0 Å². The van der Waals surface area contributed by atoms with Crippen LogP contribution in [0.25, 0.3) is 10.8 Å². The summed E-state index contributed by atoms with van der Waals surface area (Å²) in [6, 6.07) is 10.4. The lowest BCUT2D eigenvalue weighted by molar-refractivity contribution is 0.370. The Bertz CT molecular complexity index is 573. The molecule has 2 rings (SSSR count). The normalized spacial score (nSPS) is 11.9. The zero-order chi connectivity index (χ0) is 11.8. The summed E-state index contributed by atoms with van der Waals surface area (Å²) < 4.78 is 10.9. The van der Waals surface area contributed by atoms with Gasteiger partial charge < -0.3 is 14.9 Å². The Morgan fingerprint density at radius 2 is 1.75 bits per heavy atom. The van der Waals surface area contributed by atoms with E-state index in [1.165, 1.54) is 6.07 Å². The van der Waals surface area contributed by atoms with Crippen LogP contribution in [-0.4, -0.2) is 14.9 Å². The first-order valence-electron chi connectivity index (χ1n) is 4.71. The average molecular weight is 238 g/mol. The van der Waals surface area contributed by atoms with E-state index >= 15 is 0 Å². The van der Waals surface area contributed by atoms with Crippen molar-refractivity contribution in [2.75, 3.05) is 0 Å². The second kappa shape index (κ2) is 3.91. The maximum atomic E-state index is 10.9. The van der Waals surface area contributed by atoms with Crippen molar-refractivity contribution in [2.45, 2.75) is 6.16 Å². The molecule has 4 nitrogen and oxygen atoms in total. The highest BCUT2D eigenvalue weighted by Gasteiger charge is 2.17. The Morgan fingerprint density at radius 3 is 2.44 bits per heavy atom. The van der Waals surface area contributed by atoms with Crippen LogP contribution in [0.5, 0.6) is 5.75 Å². The number of phenols is 1. The van der Waals surface area contributed by atoms with E-state index in [1.54, 1.807) is 18.2 Å². The highest BCUT2D eigenvalue weighted by molar-refractivity contribution is 7.50. The molecule has 0 saturated carbocycles. The molecule has 84 valence electrons. The summed E-state index contributed by atoms with van der Waals surface area (Å²) in [7, 11) is -4.15. The maximum absolute atomic E-state index is 10.9. The lowest BCUT2D eigenvalue weighted by Gasteiger charge is -2.08. The van der Waals surface area contributed by atoms with Crippen molar-refractivity contribution in [3.05, 3.63) is 42.0 Å². The predicted molar refractivity (Wildman–Crippen MR) is 61.4 cm³/mol. The minimum atomic E-state index is -4.15. The molecule has 0 unspecified atom stereocenters. The zero-order valence-electron chi connectivity index (χ0n) is 8.37. The minimum absolute atomic E-state index is 0.0542. The average Bonchev–Trinajstić information content (AvgIpc) is 2.21. The number of rotatable bonds is 2. The third kappa shape index (κ3) is 2.25. The Hall–Kier alpha value is -1.35. The van der Waals surface area contributed by atoms with Crippen molar-refractivity contribution in [2.24, 2.45) is 0 Å². The Kier molecular flexibility index (Phi) is 2.72. The van der Waals surface area contributed by atoms with Crippen LogP contribution in [0.1, 0.15) is 5.56 Å². The summed E-state index contributed by atoms with van der Waals surface area (Å²) >= 11 is 0. The largest absolute Gasteiger partial charge is 0.507 e. The molecule has 0 radical (unpaired) electrons. The molecule has 0 aliphatic rings. The second-order valence-electron chi connectivity index (χ2n) is 3.62. The van der Waals surface area contributed by atoms with Gasteiger partial charge in [0.25, 0.3) is 0 Å². The zero-order valence-corrected chi connectivity index (χ0v) is 9.26. The van der Waals surface area contributed by atoms with Gasteiger partial charge >= 0.3 is 7.60 Å². The van der Waals surface area contributed by atoms with Gasteiger partial charge in [-0.3, -0.25) is 4.57 Å². The molecule has 2 aromatic rings. The number of hydrogen-bond acceptors (Lipinski definition) is 2. The highest BCUT2D eigenvalue weighted by atomic mass is 31.2. The standard InChI is InChI=1S/C11H11O4P/c12-11-9(7-16(13,14)15)6-5-8-3-1-2-4-10(8)11/h1-6,12H,7H2,(H2,13,14,15). The van der Waals surface area contributed by atoms with Gasteiger partial charge in [0.05, 0.1) is 6.16 Å². The molecule has 0 heterocycles. The summed E-state index contributed by atoms with van der Waals surface area (Å²) in [5.41, 5.74) is 0.270. The van der Waals surface area contributed by atoms with Crippen LogP contribution in [0.15, 0.2) is 36.4 Å². The van der Waals surface area contributed by atoms with E-state index in [0.717, 1.165) is 5.39 Å². The Morgan fingerprint density at radius 1 is 1.06 bits per heavy atom. The number of fused-ring (bicyclic) bond motifs is 1. The molecule has 0 aliphatic heterocycles. The maximum Gasteiger partial charge on any atom is 0.330 e. The summed E-state index contributed by atoms with van der Waals surface area (Å²) in [6.45, 7) is 0. The van der Waals surface area contributed by atoms with Crippen LogP contribution < -0.4 is 0 Å². The lowest BCUT2D eigenvalue weighted by atomic mass is 10.1. The Balaban J connectivity index is 2.57. The van der Waals surface area contributed by atoms with Crippen molar-refractivity contribution in [3.63, 3.8) is 0 Å². The molecule has 0 saturated heterocycles. The van der Waals surface area contributed by atoms with Crippen LogP contribution in [-0.2, 0) is 10.7 Å². The molecule has 0 aliphatic carbocycles. The molecule has 0 aromatic heterocycles. The van der Waals surface area contributed by atoms with Crippen molar-refractivity contribution in [3.8, 4) is 5.75 Å². The van der Waals surface area contributed by atoms with Crippen molar-refractivity contribution < 1.29 is 19.5 Å². The number of phenolic OH excluding ortho intramolecular Hbond substituents is 1. The molecule has 0 bridgehead atoms. The van der Waals surface area contributed by atoms with Gasteiger partial charge in [-0.05, 0) is 5.39 Å². The van der Waals surface area contributed by atoms with Gasteiger partial charge in [-0.2, -0.15) is 0 Å². The third-order valence-electron chi connectivity index (χ3n) is 2.36. The molecule has 0 spiro atoms. The van der Waals surface area contributed by atoms with Crippen molar-refractivity contribution >= 4 is 18.4 Å². The van der Waals surface area contributed by atoms with Gasteiger partial charge in [-0.1, -0.05) is 36.4 Å². The van der Waals surface area contributed by atoms with Crippen molar-refractivity contribution in [1.82, 2.24) is 0 Å². The summed E-state index contributed by atoms with van der Waals surface area (Å²) in [5, 5.41) is 11.3. The summed E-state index contributed by atoms with van der Waals surface area (Å²) in [6.07, 6.45) is -0.441. The van der Waals surface area contributed by atoms with Crippen LogP contribution in [0.3, 0.4) is 0 Å². The Labute approximate surface area is 92.3 Å². The topological polar surface area (TPSA) is 77.8 Å². The van der Waals surface area contributed by atoms with Gasteiger partial charge in [0.15, 0.2) is 0 Å². The molecular weight excluding hydrogens is 227 g/mol. The second-order valence-corrected chi connectivity index (χ2v) is 5.26. The number of benzene rings is 2. The fourth-order valence-corrected chi connectivity index (χ4v) is 2.35. The van der Waals surface area contributed by atoms with Gasteiger partial charge in [-0.25, -0.2) is 0 Å². The van der Waals surface area contributed by atoms with Gasteiger partial charge in [0.2, 0.25) is 0 Å². The molecule has 5 heteroatoms. The summed E-state index contributed by atoms with van der Waals surface area (Å²) in [4.78, 5) is 17.7. The van der Waals surface area contributed by atoms with Gasteiger partial charge in [-0.15, -0.1) is 0 Å². The first kappa shape index (κ1) is 11.1. The molecule has 16 heavy (non-hydrogen) atoms. The van der Waals surface area contributed by atoms with E-state index in [1.807, 2.05) is 12.1 Å². The van der Waals surface area contributed by atoms with Gasteiger partial charge in [0, 0.05) is 10.9 Å². The van der Waals surface area contributed by atoms with E-state index in [0.29, 0.717) is 5.39 Å². The van der Waals surface area contributed by atoms with Gasteiger partial charge in [0.1, 0.15) is 5.75 Å². The van der Waals surface area contributed by atoms with Crippen LogP contribution in [0.4, 0.5) is 0 Å². The lowest BCUT2D eigenvalue weighted by Crippen LogP contribution is -1.88. The van der Waals surface area contributed by atoms with E-state index in [9.17, 15) is 9.67 Å². The third-order valence-corrected chi connectivity index (χ3v) is 3.11. The molecule has 0 amide bonds. The minimum Gasteiger partial charge on any atom is -0.507 e. The van der Waals surface area contributed by atoms with E-state index < -0.39 is 13.8 Å². The first-order chi connectivity index (χ1) is 7.47. The fourth-order valence-electron chi connectivity index (χ4n) is 1.65. The predicted octanol–water partition coefficient (Wildman–Crippen LogP) is 2.22.